The molecule has 4 nitrogen and oxygen atoms in total. The van der Waals surface area contributed by atoms with E-state index in [-0.39, 0.29) is 5.75 Å². The van der Waals surface area contributed by atoms with E-state index in [1.54, 1.807) is 12.1 Å². The normalized spacial score (nSPS) is 10.7. The van der Waals surface area contributed by atoms with Crippen LogP contribution in [0, 0.1) is 0 Å². The van der Waals surface area contributed by atoms with E-state index < -0.39 is 5.97 Å². The van der Waals surface area contributed by atoms with Gasteiger partial charge in [-0.2, -0.15) is 0 Å². The minimum absolute atomic E-state index is 0.134. The maximum Gasteiger partial charge on any atom is 0.328 e. The highest BCUT2D eigenvalue weighted by molar-refractivity contribution is 5.85. The molecule has 0 saturated heterocycles. The van der Waals surface area contributed by atoms with Gasteiger partial charge in [0.2, 0.25) is 0 Å². The smallest absolute Gasteiger partial charge is 0.328 e. The Kier molecular flexibility index (Phi) is 3.88. The Morgan fingerprint density at radius 3 is 2.87 bits per heavy atom. The van der Waals surface area contributed by atoms with Gasteiger partial charge in [0, 0.05) is 13.2 Å². The molecule has 0 aromatic heterocycles. The first-order chi connectivity index (χ1) is 7.13. The molecule has 2 N–H and O–H groups in total. The standard InChI is InChI=1S/C11H12O4/c1-15-7-9-6-10(12)4-2-8(9)3-5-11(13)14/h2-6,12H,7H2,1H3,(H,13,14)/b5-3+. The fourth-order valence-electron chi connectivity index (χ4n) is 1.20. The lowest BCUT2D eigenvalue weighted by Gasteiger charge is -2.05. The first kappa shape index (κ1) is 11.3. The molecule has 4 heteroatoms. The van der Waals surface area contributed by atoms with Crippen LogP contribution in [0.3, 0.4) is 0 Å². The highest BCUT2D eigenvalue weighted by Gasteiger charge is 2.01. The van der Waals surface area contributed by atoms with Gasteiger partial charge in [0.25, 0.3) is 0 Å². The summed E-state index contributed by atoms with van der Waals surface area (Å²) in [6.07, 6.45) is 2.52. The van der Waals surface area contributed by atoms with E-state index in [9.17, 15) is 9.90 Å². The fourth-order valence-corrected chi connectivity index (χ4v) is 1.20. The number of ether oxygens (including phenoxy) is 1. The second-order valence-electron chi connectivity index (χ2n) is 2.99. The highest BCUT2D eigenvalue weighted by atomic mass is 16.5. The third-order valence-corrected chi connectivity index (χ3v) is 1.83. The molecule has 15 heavy (non-hydrogen) atoms. The van der Waals surface area contributed by atoms with Gasteiger partial charge in [-0.15, -0.1) is 0 Å². The van der Waals surface area contributed by atoms with Crippen LogP contribution >= 0.6 is 0 Å². The number of aromatic hydroxyl groups is 1. The van der Waals surface area contributed by atoms with E-state index in [2.05, 4.69) is 0 Å². The summed E-state index contributed by atoms with van der Waals surface area (Å²) in [6, 6.07) is 4.69. The van der Waals surface area contributed by atoms with E-state index in [1.807, 2.05) is 0 Å². The zero-order valence-electron chi connectivity index (χ0n) is 8.30. The zero-order chi connectivity index (χ0) is 11.3. The van der Waals surface area contributed by atoms with Crippen molar-refractivity contribution in [1.82, 2.24) is 0 Å². The number of carboxylic acids is 1. The average molecular weight is 208 g/mol. The minimum Gasteiger partial charge on any atom is -0.508 e. The first-order valence-corrected chi connectivity index (χ1v) is 4.35. The van der Waals surface area contributed by atoms with Crippen molar-refractivity contribution in [3.05, 3.63) is 35.4 Å². The van der Waals surface area contributed by atoms with Crippen molar-refractivity contribution in [2.75, 3.05) is 7.11 Å². The predicted octanol–water partition coefficient (Wildman–Crippen LogP) is 1.64. The molecule has 0 fully saturated rings. The molecule has 0 heterocycles. The molecule has 1 rings (SSSR count). The summed E-state index contributed by atoms with van der Waals surface area (Å²) < 4.78 is 4.94. The largest absolute Gasteiger partial charge is 0.508 e. The molecule has 1 aromatic carbocycles. The number of benzene rings is 1. The van der Waals surface area contributed by atoms with Crippen molar-refractivity contribution in [2.24, 2.45) is 0 Å². The van der Waals surface area contributed by atoms with Gasteiger partial charge < -0.3 is 14.9 Å². The summed E-state index contributed by atoms with van der Waals surface area (Å²) in [6.45, 7) is 0.327. The third-order valence-electron chi connectivity index (χ3n) is 1.83. The van der Waals surface area contributed by atoms with Crippen molar-refractivity contribution in [3.63, 3.8) is 0 Å². The minimum atomic E-state index is -1.01. The number of methoxy groups -OCH3 is 1. The summed E-state index contributed by atoms with van der Waals surface area (Å²) in [4.78, 5) is 10.3. The lowest BCUT2D eigenvalue weighted by atomic mass is 10.1. The molecule has 0 aliphatic carbocycles. The van der Waals surface area contributed by atoms with E-state index in [1.165, 1.54) is 19.3 Å². The lowest BCUT2D eigenvalue weighted by Crippen LogP contribution is -1.92. The van der Waals surface area contributed by atoms with Crippen LogP contribution in [0.4, 0.5) is 0 Å². The van der Waals surface area contributed by atoms with Crippen LogP contribution in [-0.2, 0) is 16.1 Å². The number of aliphatic carboxylic acids is 1. The second kappa shape index (κ2) is 5.17. The molecule has 0 saturated carbocycles. The van der Waals surface area contributed by atoms with E-state index in [0.29, 0.717) is 6.61 Å². The van der Waals surface area contributed by atoms with Gasteiger partial charge in [-0.3, -0.25) is 0 Å². The van der Waals surface area contributed by atoms with E-state index in [0.717, 1.165) is 17.2 Å². The Hall–Kier alpha value is -1.81. The Morgan fingerprint density at radius 1 is 1.53 bits per heavy atom. The van der Waals surface area contributed by atoms with E-state index in [4.69, 9.17) is 9.84 Å². The SMILES string of the molecule is COCc1cc(O)ccc1/C=C/C(=O)O. The van der Waals surface area contributed by atoms with Crippen molar-refractivity contribution in [3.8, 4) is 5.75 Å². The molecule has 0 spiro atoms. The summed E-state index contributed by atoms with van der Waals surface area (Å²) >= 11 is 0. The van der Waals surface area contributed by atoms with Crippen molar-refractivity contribution < 1.29 is 19.7 Å². The number of phenolic OH excluding ortho intramolecular Hbond substituents is 1. The third kappa shape index (κ3) is 3.44. The zero-order valence-corrected chi connectivity index (χ0v) is 8.30. The Bertz CT molecular complexity index is 382. The summed E-state index contributed by atoms with van der Waals surface area (Å²) in [5, 5.41) is 17.7. The molecule has 0 aliphatic heterocycles. The lowest BCUT2D eigenvalue weighted by molar-refractivity contribution is -0.131. The maximum absolute atomic E-state index is 10.3. The van der Waals surface area contributed by atoms with Crippen LogP contribution in [-0.4, -0.2) is 23.3 Å². The van der Waals surface area contributed by atoms with Gasteiger partial charge in [0.15, 0.2) is 0 Å². The molecule has 0 atom stereocenters. The summed E-state index contributed by atoms with van der Waals surface area (Å²) in [5.41, 5.74) is 1.46. The van der Waals surface area contributed by atoms with Gasteiger partial charge in [0.1, 0.15) is 5.75 Å². The Balaban J connectivity index is 3.00. The monoisotopic (exact) mass is 208 g/mol. The van der Waals surface area contributed by atoms with Crippen LogP contribution in [0.5, 0.6) is 5.75 Å². The van der Waals surface area contributed by atoms with Gasteiger partial charge in [-0.25, -0.2) is 4.79 Å². The van der Waals surface area contributed by atoms with Gasteiger partial charge in [-0.05, 0) is 29.3 Å². The molecular weight excluding hydrogens is 196 g/mol. The van der Waals surface area contributed by atoms with Crippen LogP contribution in [0.25, 0.3) is 6.08 Å². The molecule has 0 amide bonds. The maximum atomic E-state index is 10.3. The molecule has 0 unspecified atom stereocenters. The number of carboxylic acid groups (broad SMARTS) is 1. The fraction of sp³-hybridized carbons (Fsp3) is 0.182. The van der Waals surface area contributed by atoms with Crippen molar-refractivity contribution in [2.45, 2.75) is 6.61 Å². The van der Waals surface area contributed by atoms with Crippen molar-refractivity contribution >= 4 is 12.0 Å². The number of hydrogen-bond acceptors (Lipinski definition) is 3. The first-order valence-electron chi connectivity index (χ1n) is 4.35. The summed E-state index contributed by atoms with van der Waals surface area (Å²) in [7, 11) is 1.54. The number of phenols is 1. The molecule has 0 radical (unpaired) electrons. The highest BCUT2D eigenvalue weighted by Crippen LogP contribution is 2.18. The molecule has 0 aliphatic rings. The molecule has 0 bridgehead atoms. The van der Waals surface area contributed by atoms with Crippen LogP contribution in [0.2, 0.25) is 0 Å². The molecule has 1 aromatic rings. The average Bonchev–Trinajstić information content (AvgIpc) is 2.17. The van der Waals surface area contributed by atoms with Crippen molar-refractivity contribution in [1.29, 1.82) is 0 Å². The molecule has 80 valence electrons. The topological polar surface area (TPSA) is 66.8 Å². The van der Waals surface area contributed by atoms with Gasteiger partial charge in [-0.1, -0.05) is 6.07 Å². The number of rotatable bonds is 4. The van der Waals surface area contributed by atoms with Crippen LogP contribution in [0.1, 0.15) is 11.1 Å². The number of hydrogen-bond donors (Lipinski definition) is 2. The summed E-state index contributed by atoms with van der Waals surface area (Å²) in [5.74, 6) is -0.874. The predicted molar refractivity (Wildman–Crippen MR) is 55.5 cm³/mol. The Morgan fingerprint density at radius 2 is 2.27 bits per heavy atom. The second-order valence-corrected chi connectivity index (χ2v) is 2.99. The van der Waals surface area contributed by atoms with Crippen LogP contribution < -0.4 is 0 Å². The number of carbonyl (C=O) groups is 1. The Labute approximate surface area is 87.4 Å². The molecular formula is C11H12O4. The van der Waals surface area contributed by atoms with Gasteiger partial charge in [0.05, 0.1) is 6.61 Å². The van der Waals surface area contributed by atoms with Crippen LogP contribution in [0.15, 0.2) is 24.3 Å². The van der Waals surface area contributed by atoms with Gasteiger partial charge >= 0.3 is 5.97 Å². The quantitative estimate of drug-likeness (QED) is 0.738. The van der Waals surface area contributed by atoms with E-state index >= 15 is 0 Å².